The zero-order chi connectivity index (χ0) is 16.9. The molecule has 0 saturated heterocycles. The monoisotopic (exact) mass is 340 g/mol. The van der Waals surface area contributed by atoms with Crippen LogP contribution >= 0.6 is 12.2 Å². The number of aromatic nitrogens is 1. The summed E-state index contributed by atoms with van der Waals surface area (Å²) in [5.41, 5.74) is 5.87. The van der Waals surface area contributed by atoms with Crippen LogP contribution in [0.25, 0.3) is 10.9 Å². The molecule has 1 heterocycles. The van der Waals surface area contributed by atoms with Gasteiger partial charge in [0.2, 0.25) is 0 Å². The zero-order valence-electron chi connectivity index (χ0n) is 13.2. The third kappa shape index (κ3) is 3.60. The van der Waals surface area contributed by atoms with Gasteiger partial charge in [0.1, 0.15) is 5.82 Å². The van der Waals surface area contributed by atoms with Crippen LogP contribution in [0.4, 0.5) is 4.39 Å². The first kappa shape index (κ1) is 16.1. The highest BCUT2D eigenvalue weighted by atomic mass is 32.1. The van der Waals surface area contributed by atoms with Gasteiger partial charge in [-0.05, 0) is 36.0 Å². The highest BCUT2D eigenvalue weighted by Crippen LogP contribution is 2.21. The van der Waals surface area contributed by atoms with Crippen molar-refractivity contribution in [1.82, 2.24) is 15.3 Å². The van der Waals surface area contributed by atoms with Gasteiger partial charge in [-0.15, -0.1) is 0 Å². The van der Waals surface area contributed by atoms with Crippen LogP contribution in [0.2, 0.25) is 0 Å². The highest BCUT2D eigenvalue weighted by molar-refractivity contribution is 7.80. The summed E-state index contributed by atoms with van der Waals surface area (Å²) in [5.74, 6) is -0.226. The van der Waals surface area contributed by atoms with E-state index in [1.807, 2.05) is 24.4 Å². The van der Waals surface area contributed by atoms with E-state index in [9.17, 15) is 4.39 Å². The molecule has 122 valence electrons. The van der Waals surface area contributed by atoms with Crippen molar-refractivity contribution in [3.05, 3.63) is 71.7 Å². The quantitative estimate of drug-likeness (QED) is 0.435. The normalized spacial score (nSPS) is 11.1. The van der Waals surface area contributed by atoms with Gasteiger partial charge in [0.15, 0.2) is 5.11 Å². The summed E-state index contributed by atoms with van der Waals surface area (Å²) in [6.45, 7) is 0.664. The van der Waals surface area contributed by atoms with Crippen molar-refractivity contribution < 1.29 is 4.39 Å². The van der Waals surface area contributed by atoms with Crippen LogP contribution in [-0.4, -0.2) is 22.9 Å². The Morgan fingerprint density at radius 1 is 1.21 bits per heavy atom. The molecule has 4 nitrogen and oxygen atoms in total. The summed E-state index contributed by atoms with van der Waals surface area (Å²) in [6.07, 6.45) is 3.77. The smallest absolute Gasteiger partial charge is 0.186 e. The Morgan fingerprint density at radius 2 is 1.96 bits per heavy atom. The predicted molar refractivity (Wildman–Crippen MR) is 99.8 cm³/mol. The number of rotatable bonds is 4. The Balaban J connectivity index is 1.91. The molecule has 0 aliphatic rings. The van der Waals surface area contributed by atoms with E-state index in [-0.39, 0.29) is 5.82 Å². The Morgan fingerprint density at radius 3 is 2.71 bits per heavy atom. The lowest BCUT2D eigenvalue weighted by Gasteiger charge is -2.05. The van der Waals surface area contributed by atoms with Gasteiger partial charge in [0, 0.05) is 36.3 Å². The van der Waals surface area contributed by atoms with Crippen molar-refractivity contribution in [3.8, 4) is 0 Å². The zero-order valence-corrected chi connectivity index (χ0v) is 14.0. The molecule has 2 aromatic carbocycles. The molecule has 24 heavy (non-hydrogen) atoms. The van der Waals surface area contributed by atoms with Crippen LogP contribution in [0, 0.1) is 5.82 Å². The summed E-state index contributed by atoms with van der Waals surface area (Å²) in [4.78, 5) is 0. The molecule has 0 fully saturated rings. The van der Waals surface area contributed by atoms with Gasteiger partial charge < -0.3 is 9.88 Å². The molecule has 0 unspecified atom stereocenters. The number of benzene rings is 2. The number of hydrazone groups is 1. The Labute approximate surface area is 145 Å². The topological polar surface area (TPSA) is 41.4 Å². The number of halogens is 1. The number of para-hydroxylation sites is 1. The fourth-order valence-electron chi connectivity index (χ4n) is 2.51. The minimum atomic E-state index is -0.226. The van der Waals surface area contributed by atoms with Gasteiger partial charge in [0.05, 0.1) is 6.21 Å². The van der Waals surface area contributed by atoms with Gasteiger partial charge >= 0.3 is 0 Å². The van der Waals surface area contributed by atoms with E-state index in [1.54, 1.807) is 25.4 Å². The molecular formula is C18H17FN4S. The lowest BCUT2D eigenvalue weighted by Crippen LogP contribution is -2.28. The van der Waals surface area contributed by atoms with E-state index in [2.05, 4.69) is 26.5 Å². The minimum Gasteiger partial charge on any atom is -0.364 e. The molecule has 2 N–H and O–H groups in total. The summed E-state index contributed by atoms with van der Waals surface area (Å²) in [5, 5.41) is 8.51. The summed E-state index contributed by atoms with van der Waals surface area (Å²) in [7, 11) is 1.74. The van der Waals surface area contributed by atoms with Gasteiger partial charge in [-0.25, -0.2) is 4.39 Å². The summed E-state index contributed by atoms with van der Waals surface area (Å²) >= 11 is 5.00. The van der Waals surface area contributed by atoms with Gasteiger partial charge in [-0.2, -0.15) is 5.10 Å². The maximum absolute atomic E-state index is 13.1. The average Bonchev–Trinajstić information content (AvgIpc) is 2.95. The first-order chi connectivity index (χ1) is 11.7. The van der Waals surface area contributed by atoms with E-state index in [4.69, 9.17) is 12.2 Å². The standard InChI is InChI=1S/C18H17FN4S/c1-20-18(24)22-21-10-14-12-23(17-5-3-2-4-16(14)17)11-13-6-8-15(19)9-7-13/h2-10,12H,11H2,1H3,(H2,20,22,24). The minimum absolute atomic E-state index is 0.226. The summed E-state index contributed by atoms with van der Waals surface area (Å²) < 4.78 is 15.2. The predicted octanol–water partition coefficient (Wildman–Crippen LogP) is 3.26. The van der Waals surface area contributed by atoms with Crippen molar-refractivity contribution >= 4 is 34.4 Å². The van der Waals surface area contributed by atoms with Crippen LogP contribution in [0.1, 0.15) is 11.1 Å². The van der Waals surface area contributed by atoms with E-state index in [0.717, 1.165) is 22.0 Å². The van der Waals surface area contributed by atoms with E-state index < -0.39 is 0 Å². The van der Waals surface area contributed by atoms with E-state index >= 15 is 0 Å². The Hall–Kier alpha value is -2.73. The van der Waals surface area contributed by atoms with Crippen LogP contribution in [0.5, 0.6) is 0 Å². The molecule has 0 radical (unpaired) electrons. The molecule has 0 amide bonds. The van der Waals surface area contributed by atoms with Crippen LogP contribution in [0.3, 0.4) is 0 Å². The maximum Gasteiger partial charge on any atom is 0.186 e. The molecule has 0 aliphatic carbocycles. The Kier molecular flexibility index (Phi) is 4.86. The molecule has 3 rings (SSSR count). The number of thiocarbonyl (C=S) groups is 1. The second kappa shape index (κ2) is 7.23. The number of nitrogens with zero attached hydrogens (tertiary/aromatic N) is 2. The molecule has 0 aliphatic heterocycles. The fraction of sp³-hybridized carbons (Fsp3) is 0.111. The number of nitrogens with one attached hydrogen (secondary N) is 2. The van der Waals surface area contributed by atoms with Crippen LogP contribution in [0.15, 0.2) is 59.8 Å². The number of hydrogen-bond acceptors (Lipinski definition) is 2. The average molecular weight is 340 g/mol. The van der Waals surface area contributed by atoms with Crippen molar-refractivity contribution in [2.75, 3.05) is 7.05 Å². The molecule has 1 aromatic heterocycles. The SMILES string of the molecule is CNC(=S)NN=Cc1cn(Cc2ccc(F)cc2)c2ccccc12. The van der Waals surface area contributed by atoms with Crippen LogP contribution in [-0.2, 0) is 6.54 Å². The number of hydrogen-bond donors (Lipinski definition) is 2. The van der Waals surface area contributed by atoms with Crippen LogP contribution < -0.4 is 10.7 Å². The molecule has 0 saturated carbocycles. The van der Waals surface area contributed by atoms with Crippen molar-refractivity contribution in [2.45, 2.75) is 6.54 Å². The van der Waals surface area contributed by atoms with Gasteiger partial charge in [-0.1, -0.05) is 30.3 Å². The lowest BCUT2D eigenvalue weighted by atomic mass is 10.2. The van der Waals surface area contributed by atoms with Crippen molar-refractivity contribution in [3.63, 3.8) is 0 Å². The first-order valence-electron chi connectivity index (χ1n) is 7.50. The van der Waals surface area contributed by atoms with E-state index in [1.165, 1.54) is 12.1 Å². The van der Waals surface area contributed by atoms with Gasteiger partial charge in [-0.3, -0.25) is 5.43 Å². The molecule has 0 atom stereocenters. The lowest BCUT2D eigenvalue weighted by molar-refractivity contribution is 0.626. The molecular weight excluding hydrogens is 323 g/mol. The first-order valence-corrected chi connectivity index (χ1v) is 7.91. The van der Waals surface area contributed by atoms with E-state index in [0.29, 0.717) is 11.7 Å². The molecule has 6 heteroatoms. The van der Waals surface area contributed by atoms with Gasteiger partial charge in [0.25, 0.3) is 0 Å². The third-order valence-corrected chi connectivity index (χ3v) is 3.98. The highest BCUT2D eigenvalue weighted by Gasteiger charge is 2.07. The third-order valence-electron chi connectivity index (χ3n) is 3.68. The Bertz CT molecular complexity index is 884. The van der Waals surface area contributed by atoms with Crippen molar-refractivity contribution in [2.24, 2.45) is 5.10 Å². The fourth-order valence-corrected chi connectivity index (χ4v) is 2.56. The number of fused-ring (bicyclic) bond motifs is 1. The van der Waals surface area contributed by atoms with Crippen molar-refractivity contribution in [1.29, 1.82) is 0 Å². The second-order valence-corrected chi connectivity index (χ2v) is 5.71. The molecule has 0 spiro atoms. The second-order valence-electron chi connectivity index (χ2n) is 5.31. The molecule has 0 bridgehead atoms. The molecule has 3 aromatic rings. The largest absolute Gasteiger partial charge is 0.364 e. The summed E-state index contributed by atoms with van der Waals surface area (Å²) in [6, 6.07) is 14.6. The maximum atomic E-state index is 13.1.